The molecule has 1 aromatic carbocycles. The molecule has 19 heavy (non-hydrogen) atoms. The molecule has 0 saturated heterocycles. The number of aryl methyl sites for hydroxylation is 2. The molecular weight excluding hydrogens is 246 g/mol. The standard InChI is InChI=1S/C13H15N3O3/c1-8-4-9(2)6-11(5-8)16-7-14-13(15-16)19-10(3)12(17)18/h4-7,10H,1-3H3,(H,17,18). The zero-order valence-electron chi connectivity index (χ0n) is 11.0. The summed E-state index contributed by atoms with van der Waals surface area (Å²) in [5.74, 6) is -1.05. The van der Waals surface area contributed by atoms with Crippen molar-refractivity contribution >= 4 is 5.97 Å². The van der Waals surface area contributed by atoms with Crippen LogP contribution in [0.4, 0.5) is 0 Å². The normalized spacial score (nSPS) is 12.2. The number of carboxylic acids is 1. The molecule has 1 N–H and O–H groups in total. The van der Waals surface area contributed by atoms with Crippen molar-refractivity contribution in [2.45, 2.75) is 26.9 Å². The number of carboxylic acid groups (broad SMARTS) is 1. The molecule has 6 nitrogen and oxygen atoms in total. The van der Waals surface area contributed by atoms with E-state index in [1.807, 2.05) is 26.0 Å². The van der Waals surface area contributed by atoms with Crippen LogP contribution in [-0.2, 0) is 4.79 Å². The maximum atomic E-state index is 10.7. The van der Waals surface area contributed by atoms with Gasteiger partial charge in [0.25, 0.3) is 0 Å². The van der Waals surface area contributed by atoms with Crippen LogP contribution in [0.5, 0.6) is 6.01 Å². The fraction of sp³-hybridized carbons (Fsp3) is 0.308. The first-order chi connectivity index (χ1) is 8.95. The molecule has 0 fully saturated rings. The van der Waals surface area contributed by atoms with Crippen molar-refractivity contribution in [1.82, 2.24) is 14.8 Å². The minimum absolute atomic E-state index is 0.0501. The quantitative estimate of drug-likeness (QED) is 0.907. The van der Waals surface area contributed by atoms with Crippen LogP contribution in [0, 0.1) is 13.8 Å². The minimum atomic E-state index is -1.05. The van der Waals surface area contributed by atoms with E-state index in [4.69, 9.17) is 9.84 Å². The molecule has 0 aliphatic rings. The summed E-state index contributed by atoms with van der Waals surface area (Å²) in [6, 6.07) is 6.04. The number of hydrogen-bond acceptors (Lipinski definition) is 4. The average molecular weight is 261 g/mol. The van der Waals surface area contributed by atoms with Crippen LogP contribution < -0.4 is 4.74 Å². The summed E-state index contributed by atoms with van der Waals surface area (Å²) in [7, 11) is 0. The van der Waals surface area contributed by atoms with Crippen molar-refractivity contribution in [3.05, 3.63) is 35.7 Å². The van der Waals surface area contributed by atoms with Crippen LogP contribution in [0.3, 0.4) is 0 Å². The average Bonchev–Trinajstić information content (AvgIpc) is 2.76. The Morgan fingerprint density at radius 2 is 1.95 bits per heavy atom. The highest BCUT2D eigenvalue weighted by molar-refractivity contribution is 5.72. The van der Waals surface area contributed by atoms with Gasteiger partial charge in [0.05, 0.1) is 5.69 Å². The van der Waals surface area contributed by atoms with Gasteiger partial charge >= 0.3 is 12.0 Å². The van der Waals surface area contributed by atoms with Gasteiger partial charge in [-0.05, 0) is 44.0 Å². The zero-order chi connectivity index (χ0) is 14.0. The summed E-state index contributed by atoms with van der Waals surface area (Å²) in [5.41, 5.74) is 3.10. The second-order valence-electron chi connectivity index (χ2n) is 4.42. The minimum Gasteiger partial charge on any atom is -0.479 e. The van der Waals surface area contributed by atoms with E-state index in [1.165, 1.54) is 13.3 Å². The number of aromatic nitrogens is 3. The highest BCUT2D eigenvalue weighted by atomic mass is 16.5. The number of rotatable bonds is 4. The Balaban J connectivity index is 2.23. The van der Waals surface area contributed by atoms with Crippen molar-refractivity contribution in [2.75, 3.05) is 0 Å². The first-order valence-corrected chi connectivity index (χ1v) is 5.85. The summed E-state index contributed by atoms with van der Waals surface area (Å²) in [6.45, 7) is 5.43. The van der Waals surface area contributed by atoms with Gasteiger partial charge in [-0.3, -0.25) is 0 Å². The molecule has 2 rings (SSSR count). The van der Waals surface area contributed by atoms with Gasteiger partial charge in [-0.2, -0.15) is 4.98 Å². The third-order valence-electron chi connectivity index (χ3n) is 2.57. The second-order valence-corrected chi connectivity index (χ2v) is 4.42. The topological polar surface area (TPSA) is 77.2 Å². The third-order valence-corrected chi connectivity index (χ3v) is 2.57. The van der Waals surface area contributed by atoms with Crippen molar-refractivity contribution in [1.29, 1.82) is 0 Å². The number of ether oxygens (including phenoxy) is 1. The largest absolute Gasteiger partial charge is 0.479 e. The predicted molar refractivity (Wildman–Crippen MR) is 68.6 cm³/mol. The Morgan fingerprint density at radius 1 is 1.32 bits per heavy atom. The molecule has 0 amide bonds. The third kappa shape index (κ3) is 3.09. The van der Waals surface area contributed by atoms with E-state index in [9.17, 15) is 4.79 Å². The molecule has 0 bridgehead atoms. The number of nitrogens with zero attached hydrogens (tertiary/aromatic N) is 3. The van der Waals surface area contributed by atoms with Crippen LogP contribution >= 0.6 is 0 Å². The maximum absolute atomic E-state index is 10.7. The predicted octanol–water partition coefficient (Wildman–Crippen LogP) is 1.74. The van der Waals surface area contributed by atoms with Crippen molar-refractivity contribution in [2.24, 2.45) is 0 Å². The first-order valence-electron chi connectivity index (χ1n) is 5.85. The molecule has 0 aliphatic heterocycles. The molecule has 6 heteroatoms. The van der Waals surface area contributed by atoms with Gasteiger partial charge in [0.1, 0.15) is 6.33 Å². The maximum Gasteiger partial charge on any atom is 0.344 e. The van der Waals surface area contributed by atoms with Crippen LogP contribution in [0.15, 0.2) is 24.5 Å². The van der Waals surface area contributed by atoms with E-state index in [0.717, 1.165) is 16.8 Å². The fourth-order valence-corrected chi connectivity index (χ4v) is 1.72. The number of benzene rings is 1. The van der Waals surface area contributed by atoms with Gasteiger partial charge in [-0.1, -0.05) is 6.07 Å². The van der Waals surface area contributed by atoms with Crippen LogP contribution in [-0.4, -0.2) is 31.9 Å². The lowest BCUT2D eigenvalue weighted by atomic mass is 10.1. The van der Waals surface area contributed by atoms with Gasteiger partial charge in [-0.15, -0.1) is 5.10 Å². The van der Waals surface area contributed by atoms with Crippen molar-refractivity contribution < 1.29 is 14.6 Å². The summed E-state index contributed by atoms with van der Waals surface area (Å²) in [4.78, 5) is 14.6. The molecule has 1 atom stereocenters. The van der Waals surface area contributed by atoms with Crippen LogP contribution in [0.2, 0.25) is 0 Å². The molecule has 0 spiro atoms. The zero-order valence-corrected chi connectivity index (χ0v) is 11.0. The van der Waals surface area contributed by atoms with E-state index in [1.54, 1.807) is 4.68 Å². The molecular formula is C13H15N3O3. The molecule has 0 saturated carbocycles. The van der Waals surface area contributed by atoms with E-state index in [-0.39, 0.29) is 6.01 Å². The molecule has 1 unspecified atom stereocenters. The summed E-state index contributed by atoms with van der Waals surface area (Å²) in [6.07, 6.45) is 0.521. The van der Waals surface area contributed by atoms with Crippen LogP contribution in [0.1, 0.15) is 18.1 Å². The molecule has 1 aromatic heterocycles. The Morgan fingerprint density at radius 3 is 2.53 bits per heavy atom. The van der Waals surface area contributed by atoms with E-state index in [0.29, 0.717) is 0 Å². The van der Waals surface area contributed by atoms with E-state index < -0.39 is 12.1 Å². The van der Waals surface area contributed by atoms with Gasteiger partial charge in [0.2, 0.25) is 0 Å². The summed E-state index contributed by atoms with van der Waals surface area (Å²) in [5, 5.41) is 12.9. The molecule has 1 heterocycles. The summed E-state index contributed by atoms with van der Waals surface area (Å²) < 4.78 is 6.66. The smallest absolute Gasteiger partial charge is 0.344 e. The van der Waals surface area contributed by atoms with Gasteiger partial charge in [0, 0.05) is 0 Å². The first kappa shape index (κ1) is 13.1. The second kappa shape index (κ2) is 5.09. The highest BCUT2D eigenvalue weighted by Crippen LogP contribution is 2.14. The van der Waals surface area contributed by atoms with Gasteiger partial charge in [-0.25, -0.2) is 9.48 Å². The Hall–Kier alpha value is -2.37. The summed E-state index contributed by atoms with van der Waals surface area (Å²) >= 11 is 0. The van der Waals surface area contributed by atoms with Gasteiger partial charge < -0.3 is 9.84 Å². The van der Waals surface area contributed by atoms with Gasteiger partial charge in [0.15, 0.2) is 6.10 Å². The molecule has 0 radical (unpaired) electrons. The number of aliphatic carboxylic acids is 1. The SMILES string of the molecule is Cc1cc(C)cc(-n2cnc(OC(C)C(=O)O)n2)c1. The fourth-order valence-electron chi connectivity index (χ4n) is 1.72. The van der Waals surface area contributed by atoms with Crippen molar-refractivity contribution in [3.8, 4) is 11.7 Å². The lowest BCUT2D eigenvalue weighted by Crippen LogP contribution is -2.23. The van der Waals surface area contributed by atoms with Crippen LogP contribution in [0.25, 0.3) is 5.69 Å². The highest BCUT2D eigenvalue weighted by Gasteiger charge is 2.15. The molecule has 100 valence electrons. The number of hydrogen-bond donors (Lipinski definition) is 1. The lowest BCUT2D eigenvalue weighted by molar-refractivity contribution is -0.144. The van der Waals surface area contributed by atoms with Crippen molar-refractivity contribution in [3.63, 3.8) is 0 Å². The molecule has 0 aliphatic carbocycles. The van der Waals surface area contributed by atoms with E-state index in [2.05, 4.69) is 16.1 Å². The molecule has 2 aromatic rings. The van der Waals surface area contributed by atoms with E-state index >= 15 is 0 Å². The lowest BCUT2D eigenvalue weighted by Gasteiger charge is -2.06. The number of carbonyl (C=O) groups is 1. The Labute approximate surface area is 110 Å². The Kier molecular flexibility index (Phi) is 3.50. The Bertz CT molecular complexity index is 587. The monoisotopic (exact) mass is 261 g/mol.